The molecule has 0 aromatic rings. The minimum Gasteiger partial charge on any atom is -0.299 e. The number of hydrogen-bond acceptors (Lipinski definition) is 3. The Kier molecular flexibility index (Phi) is 3.75. The van der Waals surface area contributed by atoms with Gasteiger partial charge >= 0.3 is 0 Å². The quantitative estimate of drug-likeness (QED) is 0.755. The van der Waals surface area contributed by atoms with Crippen molar-refractivity contribution in [1.82, 2.24) is 4.90 Å². The average molecular weight is 239 g/mol. The maximum atomic E-state index is 11.9. The highest BCUT2D eigenvalue weighted by molar-refractivity contribution is 8.03. The van der Waals surface area contributed by atoms with E-state index in [1.165, 1.54) is 6.42 Å². The fraction of sp³-hybridized carbons (Fsp3) is 0.769. The van der Waals surface area contributed by atoms with E-state index in [0.717, 1.165) is 32.1 Å². The molecule has 0 aromatic carbocycles. The van der Waals surface area contributed by atoms with Crippen LogP contribution < -0.4 is 0 Å². The summed E-state index contributed by atoms with van der Waals surface area (Å²) in [5, 5.41) is 2.19. The van der Waals surface area contributed by atoms with Gasteiger partial charge in [-0.25, -0.2) is 0 Å². The van der Waals surface area contributed by atoms with Crippen LogP contribution in [0.3, 0.4) is 0 Å². The Bertz CT molecular complexity index is 290. The van der Waals surface area contributed by atoms with E-state index in [0.29, 0.717) is 11.7 Å². The van der Waals surface area contributed by atoms with Crippen LogP contribution in [-0.2, 0) is 4.79 Å². The zero-order valence-corrected chi connectivity index (χ0v) is 11.1. The number of carbonyl (C=O) groups is 1. The molecule has 2 unspecified atom stereocenters. The van der Waals surface area contributed by atoms with Gasteiger partial charge in [0, 0.05) is 12.3 Å². The van der Waals surface area contributed by atoms with Gasteiger partial charge in [-0.05, 0) is 45.2 Å². The van der Waals surface area contributed by atoms with Crippen molar-refractivity contribution in [3.05, 3.63) is 11.5 Å². The highest BCUT2D eigenvalue weighted by Gasteiger charge is 2.39. The van der Waals surface area contributed by atoms with Crippen LogP contribution >= 0.6 is 11.8 Å². The van der Waals surface area contributed by atoms with Crippen LogP contribution in [0.15, 0.2) is 11.5 Å². The van der Waals surface area contributed by atoms with Crippen molar-refractivity contribution in [1.29, 1.82) is 0 Å². The van der Waals surface area contributed by atoms with E-state index >= 15 is 0 Å². The molecule has 1 fully saturated rings. The van der Waals surface area contributed by atoms with Crippen LogP contribution in [0.5, 0.6) is 0 Å². The molecule has 1 aliphatic heterocycles. The van der Waals surface area contributed by atoms with Gasteiger partial charge in [0.1, 0.15) is 5.78 Å². The van der Waals surface area contributed by atoms with Crippen molar-refractivity contribution in [2.75, 3.05) is 14.1 Å². The number of thioether (sulfide) groups is 1. The smallest absolute Gasteiger partial charge is 0.136 e. The molecule has 0 radical (unpaired) electrons. The van der Waals surface area contributed by atoms with E-state index < -0.39 is 0 Å². The summed E-state index contributed by atoms with van der Waals surface area (Å²) in [6, 6.07) is 0. The van der Waals surface area contributed by atoms with Crippen molar-refractivity contribution in [3.63, 3.8) is 0 Å². The molecule has 1 heterocycles. The molecule has 2 nitrogen and oxygen atoms in total. The number of Topliss-reactive ketones (excluding diaryl/α,β-unsaturated/α-hetero) is 1. The van der Waals surface area contributed by atoms with Crippen molar-refractivity contribution in [2.24, 2.45) is 5.92 Å². The summed E-state index contributed by atoms with van der Waals surface area (Å²) in [4.78, 5) is 14.3. The van der Waals surface area contributed by atoms with Crippen LogP contribution in [0, 0.1) is 5.92 Å². The number of hydrogen-bond donors (Lipinski definition) is 0. The summed E-state index contributed by atoms with van der Waals surface area (Å²) >= 11 is 1.89. The largest absolute Gasteiger partial charge is 0.299 e. The zero-order chi connectivity index (χ0) is 11.6. The van der Waals surface area contributed by atoms with E-state index in [-0.39, 0.29) is 4.87 Å². The van der Waals surface area contributed by atoms with Gasteiger partial charge in [-0.1, -0.05) is 12.5 Å². The second kappa shape index (κ2) is 4.92. The second-order valence-electron chi connectivity index (χ2n) is 5.15. The molecule has 0 spiro atoms. The monoisotopic (exact) mass is 239 g/mol. The minimum atomic E-state index is 0.150. The van der Waals surface area contributed by atoms with Crippen LogP contribution in [0.1, 0.15) is 38.5 Å². The first-order chi connectivity index (χ1) is 7.64. The molecule has 16 heavy (non-hydrogen) atoms. The lowest BCUT2D eigenvalue weighted by Gasteiger charge is -2.38. The summed E-state index contributed by atoms with van der Waals surface area (Å²) in [5.41, 5.74) is 0. The third kappa shape index (κ3) is 2.35. The van der Waals surface area contributed by atoms with Gasteiger partial charge in [-0.2, -0.15) is 0 Å². The highest BCUT2D eigenvalue weighted by atomic mass is 32.2. The lowest BCUT2D eigenvalue weighted by Crippen LogP contribution is -2.42. The molecule has 0 N–H and O–H groups in total. The predicted molar refractivity (Wildman–Crippen MR) is 69.3 cm³/mol. The third-order valence-electron chi connectivity index (χ3n) is 3.88. The van der Waals surface area contributed by atoms with Gasteiger partial charge in [0.15, 0.2) is 0 Å². The lowest BCUT2D eigenvalue weighted by atomic mass is 9.82. The van der Waals surface area contributed by atoms with E-state index in [4.69, 9.17) is 0 Å². The van der Waals surface area contributed by atoms with Gasteiger partial charge in [0.25, 0.3) is 0 Å². The normalized spacial score (nSPS) is 34.9. The molecule has 1 saturated carbocycles. The molecular weight excluding hydrogens is 218 g/mol. The average Bonchev–Trinajstić information content (AvgIpc) is 2.71. The molecular formula is C13H21NOS. The maximum Gasteiger partial charge on any atom is 0.136 e. The molecule has 2 rings (SSSR count). The second-order valence-corrected chi connectivity index (χ2v) is 6.42. The summed E-state index contributed by atoms with van der Waals surface area (Å²) in [6.45, 7) is 0. The van der Waals surface area contributed by atoms with E-state index in [1.807, 2.05) is 11.8 Å². The Labute approximate surface area is 102 Å². The Hall–Kier alpha value is -0.280. The Morgan fingerprint density at radius 1 is 1.50 bits per heavy atom. The molecule has 0 aromatic heterocycles. The van der Waals surface area contributed by atoms with Crippen LogP contribution in [0.4, 0.5) is 0 Å². The fourth-order valence-electron chi connectivity index (χ4n) is 2.71. The summed E-state index contributed by atoms with van der Waals surface area (Å²) < 4.78 is 0. The van der Waals surface area contributed by atoms with Crippen molar-refractivity contribution in [3.8, 4) is 0 Å². The Balaban J connectivity index is 2.03. The first kappa shape index (κ1) is 12.2. The van der Waals surface area contributed by atoms with Crippen molar-refractivity contribution >= 4 is 17.5 Å². The number of carbonyl (C=O) groups excluding carboxylic acids is 1. The molecule has 90 valence electrons. The lowest BCUT2D eigenvalue weighted by molar-refractivity contribution is -0.125. The van der Waals surface area contributed by atoms with E-state index in [9.17, 15) is 4.79 Å². The zero-order valence-electron chi connectivity index (χ0n) is 10.2. The third-order valence-corrected chi connectivity index (χ3v) is 5.35. The van der Waals surface area contributed by atoms with E-state index in [2.05, 4.69) is 30.5 Å². The first-order valence-corrected chi connectivity index (χ1v) is 7.05. The predicted octanol–water partition coefficient (Wildman–Crippen LogP) is 3.04. The molecule has 3 heteroatoms. The van der Waals surface area contributed by atoms with Crippen LogP contribution in [-0.4, -0.2) is 29.6 Å². The molecule has 0 amide bonds. The van der Waals surface area contributed by atoms with Gasteiger partial charge in [-0.3, -0.25) is 9.69 Å². The van der Waals surface area contributed by atoms with Crippen LogP contribution in [0.25, 0.3) is 0 Å². The highest BCUT2D eigenvalue weighted by Crippen LogP contribution is 2.44. The maximum absolute atomic E-state index is 11.9. The Morgan fingerprint density at radius 3 is 2.88 bits per heavy atom. The summed E-state index contributed by atoms with van der Waals surface area (Å²) in [7, 11) is 4.26. The topological polar surface area (TPSA) is 20.3 Å². The van der Waals surface area contributed by atoms with E-state index in [1.54, 1.807) is 0 Å². The number of rotatable bonds is 3. The molecule has 1 aliphatic carbocycles. The molecule has 0 bridgehead atoms. The fourth-order valence-corrected chi connectivity index (χ4v) is 3.86. The summed E-state index contributed by atoms with van der Waals surface area (Å²) in [5.74, 6) is 0.809. The van der Waals surface area contributed by atoms with Gasteiger partial charge in [0.2, 0.25) is 0 Å². The van der Waals surface area contributed by atoms with Gasteiger partial charge < -0.3 is 0 Å². The standard InChI is InChI=1S/C13H21NOS/c1-14(2)13(8-5-9-16-13)10-11-6-3-4-7-12(11)15/h5,9,11H,3-4,6-8,10H2,1-2H3. The SMILES string of the molecule is CN(C)C1(CC2CCCCC2=O)CC=CS1. The van der Waals surface area contributed by atoms with Gasteiger partial charge in [0.05, 0.1) is 4.87 Å². The van der Waals surface area contributed by atoms with Gasteiger partial charge in [-0.15, -0.1) is 11.8 Å². The van der Waals surface area contributed by atoms with Crippen molar-refractivity contribution in [2.45, 2.75) is 43.4 Å². The van der Waals surface area contributed by atoms with Crippen molar-refractivity contribution < 1.29 is 4.79 Å². The first-order valence-electron chi connectivity index (χ1n) is 6.17. The minimum absolute atomic E-state index is 0.150. The number of ketones is 1. The molecule has 0 saturated heterocycles. The van der Waals surface area contributed by atoms with Crippen LogP contribution in [0.2, 0.25) is 0 Å². The Morgan fingerprint density at radius 2 is 2.31 bits per heavy atom. The number of nitrogens with zero attached hydrogens (tertiary/aromatic N) is 1. The molecule has 2 aliphatic rings. The molecule has 2 atom stereocenters. The summed E-state index contributed by atoms with van der Waals surface area (Å²) in [6.07, 6.45) is 8.60.